The van der Waals surface area contributed by atoms with E-state index < -0.39 is 129 Å². The van der Waals surface area contributed by atoms with Gasteiger partial charge < -0.3 is 103 Å². The van der Waals surface area contributed by atoms with Crippen LogP contribution >= 0.6 is 0 Å². The van der Waals surface area contributed by atoms with Gasteiger partial charge in [-0.15, -0.1) is 0 Å². The summed E-state index contributed by atoms with van der Waals surface area (Å²) in [5.41, 5.74) is 30.9. The number of nitrogens with two attached hydrogens (primary N) is 5. The van der Waals surface area contributed by atoms with Crippen molar-refractivity contribution in [2.75, 3.05) is 39.5 Å². The van der Waals surface area contributed by atoms with Gasteiger partial charge in [-0.1, -0.05) is 20.8 Å². The molecule has 0 aromatic carbocycles. The van der Waals surface area contributed by atoms with E-state index in [1.54, 1.807) is 0 Å². The van der Waals surface area contributed by atoms with Crippen LogP contribution in [0, 0.1) is 5.41 Å². The molecule has 0 spiro atoms. The second-order valence-electron chi connectivity index (χ2n) is 15.1. The lowest BCUT2D eigenvalue weighted by atomic mass is 9.84. The first-order valence-electron chi connectivity index (χ1n) is 17.6. The molecular weight excluding hydrogens is 680 g/mol. The van der Waals surface area contributed by atoms with Gasteiger partial charge in [-0.25, -0.2) is 0 Å². The van der Waals surface area contributed by atoms with Crippen molar-refractivity contribution >= 4 is 0 Å². The van der Waals surface area contributed by atoms with Crippen LogP contribution in [-0.2, 0) is 33.2 Å². The minimum Gasteiger partial charge on any atom is -0.394 e. The zero-order chi connectivity index (χ0) is 37.8. The number of aliphatic hydroxyl groups excluding tert-OH is 7. The highest BCUT2D eigenvalue weighted by Crippen LogP contribution is 2.35. The molecule has 20 nitrogen and oxygen atoms in total. The average Bonchev–Trinajstić information content (AvgIpc) is 3.41. The Bertz CT molecular complexity index is 1050. The van der Waals surface area contributed by atoms with E-state index in [0.29, 0.717) is 6.54 Å². The molecule has 0 amide bonds. The lowest BCUT2D eigenvalue weighted by Gasteiger charge is -2.47. The van der Waals surface area contributed by atoms with Crippen LogP contribution in [0.5, 0.6) is 0 Å². The Labute approximate surface area is 297 Å². The smallest absolute Gasteiger partial charge is 0.187 e. The largest absolute Gasteiger partial charge is 0.394 e. The van der Waals surface area contributed by atoms with Gasteiger partial charge in [-0.3, -0.25) is 0 Å². The van der Waals surface area contributed by atoms with Crippen molar-refractivity contribution in [3.8, 4) is 0 Å². The molecule has 4 rings (SSSR count). The molecule has 0 aromatic rings. The molecule has 0 bridgehead atoms. The predicted molar refractivity (Wildman–Crippen MR) is 177 cm³/mol. The number of rotatable bonds is 15. The highest BCUT2D eigenvalue weighted by Gasteiger charge is 2.55. The van der Waals surface area contributed by atoms with Crippen molar-refractivity contribution < 1.29 is 68.9 Å². The summed E-state index contributed by atoms with van der Waals surface area (Å²) in [5.74, 6) is 0. The van der Waals surface area contributed by atoms with Gasteiger partial charge in [-0.2, -0.15) is 0 Å². The van der Waals surface area contributed by atoms with E-state index in [2.05, 4.69) is 26.1 Å². The summed E-state index contributed by atoms with van der Waals surface area (Å²) in [6, 6.07) is -4.21. The summed E-state index contributed by atoms with van der Waals surface area (Å²) in [6.07, 6.45) is -18.3. The third-order valence-electron chi connectivity index (χ3n) is 9.94. The summed E-state index contributed by atoms with van der Waals surface area (Å²) >= 11 is 0. The molecule has 1 aliphatic carbocycles. The molecule has 3 saturated heterocycles. The van der Waals surface area contributed by atoms with Gasteiger partial charge in [0.15, 0.2) is 18.9 Å². The standard InChI is InChI=1S/C31H62N6O14/c1-31(2,3)4-5-37-6-7-45-27-25(50-28-17(35)22(43)20(41)14(9-32)46-28)16(11-39)48-30(27)51-26-19(40)12(33)8-13(34)24(26)49-29-18(36)23(44)21(42)15(10-38)47-29/h12-30,37-44H,4-11,32-36H2,1-3H3/t12-,13+,14+,15-,16-,17-,18-,19+,20-,21-,22-,23-,24-,25-,26-,27-,28-,29-,30+/m1/s1. The van der Waals surface area contributed by atoms with Gasteiger partial charge in [0, 0.05) is 25.2 Å². The second-order valence-corrected chi connectivity index (χ2v) is 15.1. The quantitative estimate of drug-likeness (QED) is 0.0693. The van der Waals surface area contributed by atoms with E-state index in [0.717, 1.165) is 13.0 Å². The Morgan fingerprint density at radius 2 is 1.16 bits per heavy atom. The predicted octanol–water partition coefficient (Wildman–Crippen LogP) is -6.81. The van der Waals surface area contributed by atoms with Gasteiger partial charge in [0.25, 0.3) is 0 Å². The number of nitrogens with one attached hydrogen (secondary N) is 1. The van der Waals surface area contributed by atoms with Crippen molar-refractivity contribution in [1.29, 1.82) is 0 Å². The van der Waals surface area contributed by atoms with Gasteiger partial charge in [-0.05, 0) is 24.8 Å². The number of hydrogen-bond acceptors (Lipinski definition) is 20. The van der Waals surface area contributed by atoms with E-state index in [-0.39, 0.29) is 25.0 Å². The van der Waals surface area contributed by atoms with Crippen molar-refractivity contribution in [2.45, 2.75) is 150 Å². The first-order chi connectivity index (χ1) is 24.0. The molecule has 1 saturated carbocycles. The maximum Gasteiger partial charge on any atom is 0.187 e. The van der Waals surface area contributed by atoms with Gasteiger partial charge in [0.2, 0.25) is 0 Å². The van der Waals surface area contributed by atoms with Crippen molar-refractivity contribution in [1.82, 2.24) is 5.32 Å². The molecule has 4 fully saturated rings. The van der Waals surface area contributed by atoms with E-state index in [9.17, 15) is 35.7 Å². The van der Waals surface area contributed by atoms with E-state index in [1.807, 2.05) is 0 Å². The maximum absolute atomic E-state index is 11.3. The molecule has 19 atom stereocenters. The highest BCUT2D eigenvalue weighted by molar-refractivity contribution is 5.02. The van der Waals surface area contributed by atoms with Crippen LogP contribution in [0.1, 0.15) is 33.6 Å². The normalized spacial score (nSPS) is 46.8. The molecule has 0 radical (unpaired) electrons. The fourth-order valence-electron chi connectivity index (χ4n) is 6.71. The molecule has 51 heavy (non-hydrogen) atoms. The topological polar surface area (TPSA) is 348 Å². The van der Waals surface area contributed by atoms with Gasteiger partial charge in [0.1, 0.15) is 67.1 Å². The fourth-order valence-corrected chi connectivity index (χ4v) is 6.71. The molecular formula is C31H62N6O14. The first kappa shape index (κ1) is 42.9. The molecule has 20 heteroatoms. The van der Waals surface area contributed by atoms with Crippen LogP contribution in [0.3, 0.4) is 0 Å². The third kappa shape index (κ3) is 10.3. The van der Waals surface area contributed by atoms with Crippen LogP contribution < -0.4 is 34.0 Å². The Kier molecular flexibility index (Phi) is 15.7. The molecule has 0 unspecified atom stereocenters. The number of hydrogen-bond donors (Lipinski definition) is 13. The van der Waals surface area contributed by atoms with E-state index in [1.165, 1.54) is 0 Å². The minimum absolute atomic E-state index is 0.0896. The summed E-state index contributed by atoms with van der Waals surface area (Å²) in [4.78, 5) is 0. The van der Waals surface area contributed by atoms with Crippen molar-refractivity contribution in [3.63, 3.8) is 0 Å². The zero-order valence-electron chi connectivity index (χ0n) is 29.5. The molecule has 0 aromatic heterocycles. The SMILES string of the molecule is CC(C)(C)CCNCCO[C@H]1[C@H](O[C@@H]2[C@@H](O)[C@H](N)C[C@H](N)[C@H]2O[C@H]2O[C@H](CO)[C@@H](O)[C@H](O)[C@H]2N)O[C@H](CO)[C@H]1O[C@H]1O[C@@H](CN)[C@@H](O)[C@H](O)[C@H]1N. The molecule has 3 heterocycles. The van der Waals surface area contributed by atoms with E-state index in [4.69, 9.17) is 61.8 Å². The molecule has 4 aliphatic rings. The summed E-state index contributed by atoms with van der Waals surface area (Å²) in [7, 11) is 0. The summed E-state index contributed by atoms with van der Waals surface area (Å²) < 4.78 is 42.5. The lowest BCUT2D eigenvalue weighted by Crippen LogP contribution is -2.68. The van der Waals surface area contributed by atoms with Crippen LogP contribution in [0.2, 0.25) is 0 Å². The fraction of sp³-hybridized carbons (Fsp3) is 1.00. The monoisotopic (exact) mass is 742 g/mol. The van der Waals surface area contributed by atoms with Gasteiger partial charge in [0.05, 0.1) is 38.0 Å². The van der Waals surface area contributed by atoms with Crippen molar-refractivity contribution in [2.24, 2.45) is 34.1 Å². The Hall–Kier alpha value is -0.800. The average molecular weight is 743 g/mol. The lowest BCUT2D eigenvalue weighted by molar-refractivity contribution is -0.311. The Morgan fingerprint density at radius 3 is 1.73 bits per heavy atom. The zero-order valence-corrected chi connectivity index (χ0v) is 29.5. The highest BCUT2D eigenvalue weighted by atomic mass is 16.8. The summed E-state index contributed by atoms with van der Waals surface area (Å²) in [5, 5.41) is 76.4. The van der Waals surface area contributed by atoms with Crippen LogP contribution in [0.4, 0.5) is 0 Å². The van der Waals surface area contributed by atoms with E-state index >= 15 is 0 Å². The Morgan fingerprint density at radius 1 is 0.627 bits per heavy atom. The molecule has 300 valence electrons. The van der Waals surface area contributed by atoms with Crippen molar-refractivity contribution in [3.05, 3.63) is 0 Å². The maximum atomic E-state index is 11.3. The van der Waals surface area contributed by atoms with Crippen LogP contribution in [-0.4, -0.2) is 191 Å². The number of ether oxygens (including phenoxy) is 7. The minimum atomic E-state index is -1.52. The first-order valence-corrected chi connectivity index (χ1v) is 17.6. The second kappa shape index (κ2) is 18.7. The Balaban J connectivity index is 1.57. The summed E-state index contributed by atoms with van der Waals surface area (Å²) in [6.45, 7) is 6.27. The van der Waals surface area contributed by atoms with Gasteiger partial charge >= 0.3 is 0 Å². The number of aliphatic hydroxyl groups is 7. The molecule has 3 aliphatic heterocycles. The third-order valence-corrected chi connectivity index (χ3v) is 9.94. The molecule has 18 N–H and O–H groups in total. The van der Waals surface area contributed by atoms with Crippen LogP contribution in [0.25, 0.3) is 0 Å². The van der Waals surface area contributed by atoms with Crippen LogP contribution in [0.15, 0.2) is 0 Å².